The number of carbonyl (C=O) groups excluding carboxylic acids is 2. The first-order valence-corrected chi connectivity index (χ1v) is 15.1. The molecular formula is C31H37N3O5S. The Bertz CT molecular complexity index is 1360. The van der Waals surface area contributed by atoms with Gasteiger partial charge in [-0.3, -0.25) is 13.9 Å². The first-order valence-electron chi connectivity index (χ1n) is 13.6. The number of nitrogens with zero attached hydrogens (tertiary/aromatic N) is 2. The number of sulfonamides is 1. The molecule has 0 unspecified atom stereocenters. The van der Waals surface area contributed by atoms with Crippen molar-refractivity contribution >= 4 is 27.5 Å². The number of rotatable bonds is 11. The number of benzene rings is 3. The van der Waals surface area contributed by atoms with E-state index in [9.17, 15) is 18.0 Å². The molecule has 1 atom stereocenters. The van der Waals surface area contributed by atoms with Gasteiger partial charge in [0.05, 0.1) is 17.7 Å². The smallest absolute Gasteiger partial charge is 0.264 e. The van der Waals surface area contributed by atoms with Crippen molar-refractivity contribution in [3.63, 3.8) is 0 Å². The van der Waals surface area contributed by atoms with Crippen molar-refractivity contribution in [1.82, 2.24) is 10.2 Å². The topological polar surface area (TPSA) is 96.0 Å². The van der Waals surface area contributed by atoms with Crippen molar-refractivity contribution in [2.45, 2.75) is 62.6 Å². The van der Waals surface area contributed by atoms with Crippen LogP contribution < -0.4 is 14.4 Å². The predicted molar refractivity (Wildman–Crippen MR) is 155 cm³/mol. The maximum Gasteiger partial charge on any atom is 0.264 e. The molecule has 8 nitrogen and oxygen atoms in total. The van der Waals surface area contributed by atoms with Crippen molar-refractivity contribution in [2.24, 2.45) is 0 Å². The Balaban J connectivity index is 1.64. The highest BCUT2D eigenvalue weighted by atomic mass is 32.2. The van der Waals surface area contributed by atoms with E-state index in [1.54, 1.807) is 74.7 Å². The van der Waals surface area contributed by atoms with Gasteiger partial charge in [-0.1, -0.05) is 67.8 Å². The van der Waals surface area contributed by atoms with Crippen LogP contribution in [0, 0.1) is 0 Å². The van der Waals surface area contributed by atoms with Crippen LogP contribution in [0.2, 0.25) is 0 Å². The Hall–Kier alpha value is -3.85. The standard InChI is InChI=1S/C31H37N3O5S/c1-24(31(36)32-26-12-6-3-7-13-26)33(22-25-18-20-28(39-2)21-19-25)30(35)23-34(27-14-8-4-9-15-27)40(37,38)29-16-10-5-11-17-29/h4-5,8-11,14-21,24,26H,3,6-7,12-13,22-23H2,1-2H3,(H,32,36)/t24-/m0/s1. The fourth-order valence-corrected chi connectivity index (χ4v) is 6.36. The van der Waals surface area contributed by atoms with Crippen molar-refractivity contribution < 1.29 is 22.7 Å². The van der Waals surface area contributed by atoms with Crippen LogP contribution in [0.25, 0.3) is 0 Å². The highest BCUT2D eigenvalue weighted by molar-refractivity contribution is 7.92. The number of amides is 2. The zero-order chi connectivity index (χ0) is 28.5. The van der Waals surface area contributed by atoms with Crippen LogP contribution in [0.4, 0.5) is 5.69 Å². The second kappa shape index (κ2) is 13.5. The Morgan fingerprint density at radius 1 is 0.900 bits per heavy atom. The van der Waals surface area contributed by atoms with Crippen molar-refractivity contribution in [3.8, 4) is 5.75 Å². The minimum absolute atomic E-state index is 0.0800. The van der Waals surface area contributed by atoms with Gasteiger partial charge in [0.15, 0.2) is 0 Å². The molecule has 4 rings (SSSR count). The van der Waals surface area contributed by atoms with Crippen molar-refractivity contribution in [1.29, 1.82) is 0 Å². The monoisotopic (exact) mass is 563 g/mol. The van der Waals surface area contributed by atoms with Gasteiger partial charge >= 0.3 is 0 Å². The average Bonchev–Trinajstić information content (AvgIpc) is 2.99. The quantitative estimate of drug-likeness (QED) is 0.363. The van der Waals surface area contributed by atoms with Crippen LogP contribution in [-0.4, -0.2) is 50.9 Å². The molecule has 0 heterocycles. The van der Waals surface area contributed by atoms with Crippen LogP contribution in [0.3, 0.4) is 0 Å². The van der Waals surface area contributed by atoms with Crippen LogP contribution in [0.15, 0.2) is 89.8 Å². The molecule has 0 aliphatic heterocycles. The molecule has 2 amide bonds. The van der Waals surface area contributed by atoms with Crippen LogP contribution in [0.1, 0.15) is 44.6 Å². The van der Waals surface area contributed by atoms with Crippen molar-refractivity contribution in [3.05, 3.63) is 90.5 Å². The van der Waals surface area contributed by atoms with E-state index >= 15 is 0 Å². The lowest BCUT2D eigenvalue weighted by molar-refractivity contribution is -0.139. The Labute approximate surface area is 237 Å². The summed E-state index contributed by atoms with van der Waals surface area (Å²) in [5, 5.41) is 3.11. The molecule has 1 N–H and O–H groups in total. The largest absolute Gasteiger partial charge is 0.497 e. The normalized spacial score (nSPS) is 14.7. The summed E-state index contributed by atoms with van der Waals surface area (Å²) in [6, 6.07) is 23.1. The molecule has 3 aromatic carbocycles. The summed E-state index contributed by atoms with van der Waals surface area (Å²) < 4.78 is 33.9. The van der Waals surface area contributed by atoms with E-state index in [0.29, 0.717) is 11.4 Å². The lowest BCUT2D eigenvalue weighted by atomic mass is 9.95. The van der Waals surface area contributed by atoms with E-state index in [1.165, 1.54) is 17.0 Å². The van der Waals surface area contributed by atoms with Gasteiger partial charge in [0.25, 0.3) is 10.0 Å². The van der Waals surface area contributed by atoms with E-state index in [4.69, 9.17) is 4.74 Å². The number of hydrogen-bond donors (Lipinski definition) is 1. The lowest BCUT2D eigenvalue weighted by Crippen LogP contribution is -2.53. The minimum atomic E-state index is -4.06. The van der Waals surface area contributed by atoms with Gasteiger partial charge in [0.2, 0.25) is 11.8 Å². The number of hydrogen-bond acceptors (Lipinski definition) is 5. The zero-order valence-corrected chi connectivity index (χ0v) is 23.8. The molecule has 3 aromatic rings. The van der Waals surface area contributed by atoms with Gasteiger partial charge in [-0.2, -0.15) is 0 Å². The van der Waals surface area contributed by atoms with Crippen LogP contribution in [-0.2, 0) is 26.2 Å². The molecule has 1 fully saturated rings. The lowest BCUT2D eigenvalue weighted by Gasteiger charge is -2.33. The molecule has 1 aliphatic rings. The summed E-state index contributed by atoms with van der Waals surface area (Å²) in [6.45, 7) is 1.37. The van der Waals surface area contributed by atoms with Gasteiger partial charge in [-0.05, 0) is 61.7 Å². The second-order valence-corrected chi connectivity index (χ2v) is 11.9. The Kier molecular flexibility index (Phi) is 9.82. The van der Waals surface area contributed by atoms with Crippen LogP contribution in [0.5, 0.6) is 5.75 Å². The van der Waals surface area contributed by atoms with E-state index in [1.807, 2.05) is 12.1 Å². The molecule has 212 valence electrons. The summed E-state index contributed by atoms with van der Waals surface area (Å²) in [5.74, 6) is -0.0506. The fourth-order valence-electron chi connectivity index (χ4n) is 4.92. The van der Waals surface area contributed by atoms with Gasteiger partial charge in [0.1, 0.15) is 18.3 Å². The highest BCUT2D eigenvalue weighted by Crippen LogP contribution is 2.25. The molecule has 0 radical (unpaired) electrons. The number of nitrogens with one attached hydrogen (secondary N) is 1. The first kappa shape index (κ1) is 29.1. The maximum atomic E-state index is 14.0. The third kappa shape index (κ3) is 7.21. The Morgan fingerprint density at radius 3 is 2.10 bits per heavy atom. The zero-order valence-electron chi connectivity index (χ0n) is 23.0. The second-order valence-electron chi connectivity index (χ2n) is 10.0. The minimum Gasteiger partial charge on any atom is -0.497 e. The third-order valence-corrected chi connectivity index (χ3v) is 9.07. The molecule has 1 aliphatic carbocycles. The summed E-state index contributed by atoms with van der Waals surface area (Å²) in [7, 11) is -2.49. The van der Waals surface area contributed by atoms with E-state index in [2.05, 4.69) is 5.32 Å². The van der Waals surface area contributed by atoms with E-state index in [-0.39, 0.29) is 23.4 Å². The van der Waals surface area contributed by atoms with Gasteiger partial charge in [0, 0.05) is 12.6 Å². The predicted octanol–water partition coefficient (Wildman–Crippen LogP) is 4.76. The molecule has 1 saturated carbocycles. The SMILES string of the molecule is COc1ccc(CN(C(=O)CN(c2ccccc2)S(=O)(=O)c2ccccc2)[C@@H](C)C(=O)NC2CCCCC2)cc1. The van der Waals surface area contributed by atoms with Gasteiger partial charge in [-0.15, -0.1) is 0 Å². The van der Waals surface area contributed by atoms with E-state index < -0.39 is 28.5 Å². The highest BCUT2D eigenvalue weighted by Gasteiger charge is 2.33. The number of ether oxygens (including phenoxy) is 1. The number of carbonyl (C=O) groups is 2. The number of para-hydroxylation sites is 1. The van der Waals surface area contributed by atoms with E-state index in [0.717, 1.165) is 42.0 Å². The summed E-state index contributed by atoms with van der Waals surface area (Å²) in [4.78, 5) is 28.9. The van der Waals surface area contributed by atoms with Crippen molar-refractivity contribution in [2.75, 3.05) is 18.0 Å². The Morgan fingerprint density at radius 2 is 1.50 bits per heavy atom. The molecule has 0 saturated heterocycles. The molecular weight excluding hydrogens is 526 g/mol. The fraction of sp³-hybridized carbons (Fsp3) is 0.355. The van der Waals surface area contributed by atoms with Gasteiger partial charge < -0.3 is 15.0 Å². The molecule has 0 bridgehead atoms. The average molecular weight is 564 g/mol. The summed E-state index contributed by atoms with van der Waals surface area (Å²) in [5.41, 5.74) is 1.16. The third-order valence-electron chi connectivity index (χ3n) is 7.29. The first-order chi connectivity index (χ1) is 19.3. The number of anilines is 1. The molecule has 0 aromatic heterocycles. The van der Waals surface area contributed by atoms with Crippen LogP contribution >= 0.6 is 0 Å². The molecule has 9 heteroatoms. The number of methoxy groups -OCH3 is 1. The molecule has 40 heavy (non-hydrogen) atoms. The summed E-state index contributed by atoms with van der Waals surface area (Å²) in [6.07, 6.45) is 5.13. The molecule has 0 spiro atoms. The summed E-state index contributed by atoms with van der Waals surface area (Å²) >= 11 is 0. The maximum absolute atomic E-state index is 14.0. The van der Waals surface area contributed by atoms with Gasteiger partial charge in [-0.25, -0.2) is 8.42 Å².